The van der Waals surface area contributed by atoms with E-state index in [4.69, 9.17) is 0 Å². The third-order valence-corrected chi connectivity index (χ3v) is 1.62. The molecule has 15 heavy (non-hydrogen) atoms. The lowest BCUT2D eigenvalue weighted by Crippen LogP contribution is -2.33. The van der Waals surface area contributed by atoms with Gasteiger partial charge >= 0.3 is 5.97 Å². The number of hydrogen-bond acceptors (Lipinski definition) is 4. The number of ether oxygens (including phenoxy) is 1. The van der Waals surface area contributed by atoms with E-state index in [9.17, 15) is 14.4 Å². The van der Waals surface area contributed by atoms with E-state index in [1.54, 1.807) is 0 Å². The van der Waals surface area contributed by atoms with E-state index < -0.39 is 17.4 Å². The minimum Gasteiger partial charge on any atom is -0.468 e. The maximum atomic E-state index is 11.3. The quantitative estimate of drug-likeness (QED) is 0.630. The SMILES string of the molecule is COC(=O)CNC(=O)c1c[c]c[nH]c1=O. The second-order valence-electron chi connectivity index (χ2n) is 2.60. The fourth-order valence-corrected chi connectivity index (χ4v) is 0.864. The topological polar surface area (TPSA) is 88.3 Å². The lowest BCUT2D eigenvalue weighted by Gasteiger charge is -2.02. The van der Waals surface area contributed by atoms with E-state index in [2.05, 4.69) is 21.1 Å². The van der Waals surface area contributed by atoms with Crippen molar-refractivity contribution >= 4 is 11.9 Å². The summed E-state index contributed by atoms with van der Waals surface area (Å²) in [6.07, 6.45) is 1.29. The summed E-state index contributed by atoms with van der Waals surface area (Å²) in [4.78, 5) is 35.4. The second-order valence-corrected chi connectivity index (χ2v) is 2.60. The molecule has 0 saturated heterocycles. The van der Waals surface area contributed by atoms with E-state index in [0.29, 0.717) is 0 Å². The van der Waals surface area contributed by atoms with Gasteiger partial charge in [0.2, 0.25) is 0 Å². The number of carbonyl (C=O) groups excluding carboxylic acids is 2. The standard InChI is InChI=1S/C9H9N2O4/c1-15-7(12)5-11-9(14)6-3-2-4-10-8(6)13/h3-4H,5H2,1H3,(H,10,13)(H,11,14). The maximum Gasteiger partial charge on any atom is 0.325 e. The van der Waals surface area contributed by atoms with Crippen LogP contribution in [-0.2, 0) is 9.53 Å². The molecule has 1 heterocycles. The van der Waals surface area contributed by atoms with Gasteiger partial charge in [0.05, 0.1) is 7.11 Å². The molecule has 0 saturated carbocycles. The summed E-state index contributed by atoms with van der Waals surface area (Å²) in [6.45, 7) is -0.274. The molecule has 0 bridgehead atoms. The number of methoxy groups -OCH3 is 1. The summed E-state index contributed by atoms with van der Waals surface area (Å²) in [5.41, 5.74) is -0.627. The predicted octanol–water partition coefficient (Wildman–Crippen LogP) is -0.922. The highest BCUT2D eigenvalue weighted by Gasteiger charge is 2.10. The van der Waals surface area contributed by atoms with Crippen LogP contribution in [0.1, 0.15) is 10.4 Å². The molecular weight excluding hydrogens is 200 g/mol. The van der Waals surface area contributed by atoms with Crippen LogP contribution in [0.15, 0.2) is 17.1 Å². The molecule has 0 atom stereocenters. The first-order chi connectivity index (χ1) is 7.15. The monoisotopic (exact) mass is 209 g/mol. The number of hydrogen-bond donors (Lipinski definition) is 2. The zero-order chi connectivity index (χ0) is 11.3. The predicted molar refractivity (Wildman–Crippen MR) is 50.2 cm³/mol. The number of aromatic amines is 1. The Hall–Kier alpha value is -2.11. The molecule has 1 amide bonds. The van der Waals surface area contributed by atoms with Gasteiger partial charge in [0.25, 0.3) is 11.5 Å². The van der Waals surface area contributed by atoms with Gasteiger partial charge in [-0.15, -0.1) is 0 Å². The van der Waals surface area contributed by atoms with E-state index in [-0.39, 0.29) is 12.1 Å². The van der Waals surface area contributed by atoms with Crippen molar-refractivity contribution in [2.24, 2.45) is 0 Å². The van der Waals surface area contributed by atoms with Crippen LogP contribution in [0.25, 0.3) is 0 Å². The molecule has 0 unspecified atom stereocenters. The summed E-state index contributed by atoms with van der Waals surface area (Å²) in [7, 11) is 1.21. The molecule has 0 aliphatic carbocycles. The smallest absolute Gasteiger partial charge is 0.325 e. The summed E-state index contributed by atoms with van der Waals surface area (Å²) in [5.74, 6) is -1.22. The third kappa shape index (κ3) is 2.94. The van der Waals surface area contributed by atoms with Crippen molar-refractivity contribution in [2.75, 3.05) is 13.7 Å². The first kappa shape index (κ1) is 11.0. The summed E-state index contributed by atoms with van der Waals surface area (Å²) >= 11 is 0. The van der Waals surface area contributed by atoms with Crippen molar-refractivity contribution in [1.82, 2.24) is 10.3 Å². The normalized spacial score (nSPS) is 9.40. The number of H-pyrrole nitrogens is 1. The zero-order valence-electron chi connectivity index (χ0n) is 7.99. The van der Waals surface area contributed by atoms with E-state index >= 15 is 0 Å². The number of pyridine rings is 1. The van der Waals surface area contributed by atoms with Gasteiger partial charge in [0.15, 0.2) is 0 Å². The van der Waals surface area contributed by atoms with Crippen LogP contribution >= 0.6 is 0 Å². The fourth-order valence-electron chi connectivity index (χ4n) is 0.864. The van der Waals surface area contributed by atoms with Gasteiger partial charge in [-0.3, -0.25) is 14.4 Å². The maximum absolute atomic E-state index is 11.3. The van der Waals surface area contributed by atoms with Gasteiger partial charge in [0.1, 0.15) is 12.1 Å². The minimum absolute atomic E-state index is 0.0959. The summed E-state index contributed by atoms with van der Waals surface area (Å²) < 4.78 is 4.32. The molecule has 0 aliphatic heterocycles. The number of esters is 1. The van der Waals surface area contributed by atoms with Crippen molar-refractivity contribution in [3.8, 4) is 0 Å². The molecule has 1 aromatic rings. The molecule has 79 valence electrons. The van der Waals surface area contributed by atoms with Crippen LogP contribution in [0, 0.1) is 6.07 Å². The number of rotatable bonds is 3. The number of amides is 1. The molecule has 1 aromatic heterocycles. The van der Waals surface area contributed by atoms with Crippen LogP contribution in [-0.4, -0.2) is 30.5 Å². The lowest BCUT2D eigenvalue weighted by molar-refractivity contribution is -0.139. The number of aromatic nitrogens is 1. The van der Waals surface area contributed by atoms with Gasteiger partial charge in [-0.05, 0) is 6.07 Å². The van der Waals surface area contributed by atoms with E-state index in [0.717, 1.165) is 0 Å². The molecule has 2 N–H and O–H groups in total. The molecule has 1 rings (SSSR count). The Morgan fingerprint density at radius 3 is 2.93 bits per heavy atom. The Morgan fingerprint density at radius 2 is 2.33 bits per heavy atom. The van der Waals surface area contributed by atoms with Crippen molar-refractivity contribution in [1.29, 1.82) is 0 Å². The second kappa shape index (κ2) is 4.94. The summed E-state index contributed by atoms with van der Waals surface area (Å²) in [5, 5.41) is 2.24. The highest BCUT2D eigenvalue weighted by atomic mass is 16.5. The molecule has 0 fully saturated rings. The number of nitrogens with one attached hydrogen (secondary N) is 2. The van der Waals surface area contributed by atoms with Gasteiger partial charge in [-0.25, -0.2) is 0 Å². The van der Waals surface area contributed by atoms with Crippen LogP contribution in [0.2, 0.25) is 0 Å². The largest absolute Gasteiger partial charge is 0.468 e. The molecule has 6 heteroatoms. The first-order valence-corrected chi connectivity index (χ1v) is 4.09. The lowest BCUT2D eigenvalue weighted by atomic mass is 10.2. The van der Waals surface area contributed by atoms with Gasteiger partial charge in [0, 0.05) is 12.3 Å². The van der Waals surface area contributed by atoms with Crippen LogP contribution in [0.3, 0.4) is 0 Å². The highest BCUT2D eigenvalue weighted by Crippen LogP contribution is 1.87. The van der Waals surface area contributed by atoms with Crippen molar-refractivity contribution in [3.05, 3.63) is 34.2 Å². The van der Waals surface area contributed by atoms with Gasteiger partial charge < -0.3 is 15.0 Å². The van der Waals surface area contributed by atoms with Crippen molar-refractivity contribution in [2.45, 2.75) is 0 Å². The molecule has 6 nitrogen and oxygen atoms in total. The molecule has 0 spiro atoms. The van der Waals surface area contributed by atoms with E-state index in [1.165, 1.54) is 19.4 Å². The molecule has 1 radical (unpaired) electrons. The summed E-state index contributed by atoms with van der Waals surface area (Å²) in [6, 6.07) is 3.79. The average molecular weight is 209 g/mol. The van der Waals surface area contributed by atoms with Crippen LogP contribution < -0.4 is 10.9 Å². The fraction of sp³-hybridized carbons (Fsp3) is 0.222. The van der Waals surface area contributed by atoms with Crippen molar-refractivity contribution in [3.63, 3.8) is 0 Å². The Labute approximate surface area is 85.3 Å². The number of carbonyl (C=O) groups is 2. The molecule has 0 aromatic carbocycles. The Bertz CT molecular complexity index is 424. The molecule has 0 aliphatic rings. The Morgan fingerprint density at radius 1 is 1.60 bits per heavy atom. The Kier molecular flexibility index (Phi) is 3.61. The third-order valence-electron chi connectivity index (χ3n) is 1.62. The van der Waals surface area contributed by atoms with Crippen LogP contribution in [0.4, 0.5) is 0 Å². The van der Waals surface area contributed by atoms with E-state index in [1.807, 2.05) is 0 Å². The Balaban J connectivity index is 2.66. The average Bonchev–Trinajstić information content (AvgIpc) is 2.26. The molecular formula is C9H9N2O4. The van der Waals surface area contributed by atoms with Gasteiger partial charge in [-0.1, -0.05) is 0 Å². The van der Waals surface area contributed by atoms with Crippen molar-refractivity contribution < 1.29 is 14.3 Å². The van der Waals surface area contributed by atoms with Crippen LogP contribution in [0.5, 0.6) is 0 Å². The first-order valence-electron chi connectivity index (χ1n) is 4.09. The highest BCUT2D eigenvalue weighted by molar-refractivity contribution is 5.95. The van der Waals surface area contributed by atoms with Gasteiger partial charge in [-0.2, -0.15) is 0 Å². The zero-order valence-corrected chi connectivity index (χ0v) is 7.99. The minimum atomic E-state index is -0.640.